The first-order chi connectivity index (χ1) is 14.5. The lowest BCUT2D eigenvalue weighted by atomic mass is 9.39. The van der Waals surface area contributed by atoms with Crippen LogP contribution in [0.4, 0.5) is 0 Å². The summed E-state index contributed by atoms with van der Waals surface area (Å²) >= 11 is 0. The minimum absolute atomic E-state index is 0. The fraction of sp³-hybridized carbons (Fsp3) is 0.963. The summed E-state index contributed by atoms with van der Waals surface area (Å²) in [6.45, 7) is 9.04. The van der Waals surface area contributed by atoms with Crippen LogP contribution in [-0.2, 0) is 4.79 Å². The van der Waals surface area contributed by atoms with Crippen molar-refractivity contribution in [1.29, 1.82) is 0 Å². The molecule has 0 radical (unpaired) electrons. The molecule has 6 heteroatoms. The van der Waals surface area contributed by atoms with E-state index in [1.54, 1.807) is 0 Å². The van der Waals surface area contributed by atoms with Crippen LogP contribution in [0.5, 0.6) is 0 Å². The third kappa shape index (κ3) is 3.87. The van der Waals surface area contributed by atoms with Crippen LogP contribution in [0.15, 0.2) is 0 Å². The van der Waals surface area contributed by atoms with Crippen LogP contribution in [0.3, 0.4) is 0 Å². The summed E-state index contributed by atoms with van der Waals surface area (Å²) in [4.78, 5) is 13.3. The quantitative estimate of drug-likeness (QED) is 0.275. The van der Waals surface area contributed by atoms with E-state index in [4.69, 9.17) is 5.73 Å². The Hall–Kier alpha value is 0.850. The zero-order valence-electron chi connectivity index (χ0n) is 21.8. The molecule has 2 saturated heterocycles. The number of carbonyl (C=O) groups excluding carboxylic acids is 1. The van der Waals surface area contributed by atoms with Crippen LogP contribution >= 0.6 is 0 Å². The summed E-state index contributed by atoms with van der Waals surface area (Å²) < 4.78 is 2.39. The highest BCUT2D eigenvalue weighted by Gasteiger charge is 2.68. The number of amides is 1. The third-order valence-electron chi connectivity index (χ3n) is 12.7. The molecule has 1 unspecified atom stereocenters. The smallest absolute Gasteiger partial charge is 0.224 e. The minimum atomic E-state index is -0.270. The Bertz CT molecular complexity index is 754. The summed E-state index contributed by atoms with van der Waals surface area (Å²) in [6, 6.07) is 0.638. The molecule has 0 aromatic rings. The highest BCUT2D eigenvalue weighted by molar-refractivity contribution is 5.82. The Morgan fingerprint density at radius 3 is 2.12 bits per heavy atom. The molecule has 2 heterocycles. The van der Waals surface area contributed by atoms with Crippen LogP contribution in [0.25, 0.3) is 0 Å². The van der Waals surface area contributed by atoms with Crippen molar-refractivity contribution in [2.75, 3.05) is 40.8 Å². The summed E-state index contributed by atoms with van der Waals surface area (Å²) in [7, 11) is 7.43. The Kier molecular flexibility index (Phi) is 8.01. The van der Waals surface area contributed by atoms with Crippen LogP contribution in [0.2, 0.25) is 0 Å². The molecular formula is C27H49I2N3O. The van der Waals surface area contributed by atoms with Gasteiger partial charge in [-0.2, -0.15) is 0 Å². The number of nitrogens with two attached hydrogens (primary N) is 1. The van der Waals surface area contributed by atoms with Gasteiger partial charge in [0.25, 0.3) is 0 Å². The third-order valence-corrected chi connectivity index (χ3v) is 12.7. The van der Waals surface area contributed by atoms with E-state index in [0.29, 0.717) is 17.5 Å². The Labute approximate surface area is 237 Å². The number of nitrogens with zero attached hydrogens (tertiary/aromatic N) is 2. The van der Waals surface area contributed by atoms with Gasteiger partial charge in [-0.3, -0.25) is 4.79 Å². The molecule has 192 valence electrons. The molecule has 3 aliphatic carbocycles. The Morgan fingerprint density at radius 2 is 1.48 bits per heavy atom. The van der Waals surface area contributed by atoms with Gasteiger partial charge in [0.2, 0.25) is 5.91 Å². The molecule has 2 aliphatic heterocycles. The van der Waals surface area contributed by atoms with E-state index in [-0.39, 0.29) is 64.7 Å². The van der Waals surface area contributed by atoms with Gasteiger partial charge in [0.1, 0.15) is 0 Å². The largest absolute Gasteiger partial charge is 1.00 e. The Morgan fingerprint density at radius 1 is 0.818 bits per heavy atom. The van der Waals surface area contributed by atoms with E-state index in [1.165, 1.54) is 86.4 Å². The van der Waals surface area contributed by atoms with E-state index < -0.39 is 0 Å². The average molecular weight is 686 g/mol. The molecule has 4 nitrogen and oxygen atoms in total. The summed E-state index contributed by atoms with van der Waals surface area (Å²) in [5.74, 6) is 2.34. The normalized spacial score (nSPS) is 47.7. The van der Waals surface area contributed by atoms with Gasteiger partial charge in [-0.1, -0.05) is 6.92 Å². The second kappa shape index (κ2) is 9.30. The molecule has 5 fully saturated rings. The molecule has 33 heavy (non-hydrogen) atoms. The maximum atomic E-state index is 13.3. The van der Waals surface area contributed by atoms with Crippen LogP contribution in [0.1, 0.15) is 84.5 Å². The van der Waals surface area contributed by atoms with Crippen LogP contribution < -0.4 is 53.7 Å². The van der Waals surface area contributed by atoms with E-state index in [2.05, 4.69) is 35.0 Å². The lowest BCUT2D eigenvalue weighted by Gasteiger charge is -2.68. The maximum absolute atomic E-state index is 13.3. The van der Waals surface area contributed by atoms with Crippen molar-refractivity contribution in [2.45, 2.75) is 96.1 Å². The molecular weight excluding hydrogens is 636 g/mol. The number of halogens is 2. The number of likely N-dealkylation sites (tertiary alicyclic amines) is 2. The van der Waals surface area contributed by atoms with Crippen molar-refractivity contribution in [2.24, 2.45) is 34.3 Å². The topological polar surface area (TPSA) is 43.1 Å². The molecule has 0 aromatic heterocycles. The van der Waals surface area contributed by atoms with E-state index in [0.717, 1.165) is 24.7 Å². The first kappa shape index (κ1) is 28.4. The van der Waals surface area contributed by atoms with Gasteiger partial charge < -0.3 is 62.7 Å². The van der Waals surface area contributed by atoms with Crippen LogP contribution in [0, 0.1) is 28.6 Å². The lowest BCUT2D eigenvalue weighted by molar-refractivity contribution is -0.952. The number of hydrogen-bond donors (Lipinski definition) is 1. The zero-order chi connectivity index (χ0) is 22.3. The van der Waals surface area contributed by atoms with Gasteiger partial charge in [-0.25, -0.2) is 0 Å². The molecule has 0 spiro atoms. The van der Waals surface area contributed by atoms with Crippen molar-refractivity contribution in [3.63, 3.8) is 0 Å². The first-order valence-corrected chi connectivity index (χ1v) is 13.5. The number of primary amides is 1. The molecule has 3 saturated carbocycles. The van der Waals surface area contributed by atoms with Crippen molar-refractivity contribution in [3.05, 3.63) is 0 Å². The number of carbonyl (C=O) groups is 1. The van der Waals surface area contributed by atoms with E-state index >= 15 is 0 Å². The Balaban J connectivity index is 0.00000153. The van der Waals surface area contributed by atoms with Gasteiger partial charge >= 0.3 is 0 Å². The standard InChI is InChI=1S/C27H48N3O.2HI/c1-25-13-10-20(30(5)17-6-7-18-30)19-27(25,24(28)31)15-11-21-22(25)12-14-26(2)23(21)9-8-16-29(26,3)4;;/h20-23H,6-19H2,1-5H3,(H-,28,31);2*1H/q+1;;/p-1/t20?,21-,22+,23+,25-,26+,27+;;/m1../s1. The fourth-order valence-electron chi connectivity index (χ4n) is 10.3. The van der Waals surface area contributed by atoms with Crippen molar-refractivity contribution in [1.82, 2.24) is 0 Å². The highest BCUT2D eigenvalue weighted by Crippen LogP contribution is 2.69. The summed E-state index contributed by atoms with van der Waals surface area (Å²) in [6.07, 6.45) is 14.0. The number of quaternary nitrogens is 2. The van der Waals surface area contributed by atoms with Crippen LogP contribution in [-0.4, -0.2) is 67.2 Å². The number of piperidine rings is 1. The molecule has 7 atom stereocenters. The van der Waals surface area contributed by atoms with Crippen molar-refractivity contribution < 1.29 is 61.7 Å². The average Bonchev–Trinajstić information content (AvgIpc) is 3.15. The predicted molar refractivity (Wildman–Crippen MR) is 126 cm³/mol. The van der Waals surface area contributed by atoms with Gasteiger partial charge in [-0.15, -0.1) is 0 Å². The number of fused-ring (bicyclic) bond motifs is 5. The van der Waals surface area contributed by atoms with Gasteiger partial charge in [0.05, 0.1) is 57.8 Å². The van der Waals surface area contributed by atoms with Gasteiger partial charge in [0, 0.05) is 38.0 Å². The SMILES string of the molecule is C[C@]12CC[C@H]3[C@@H](CC[C@@]4(C(N)=O)CC([N+]5(C)CCCC5)CC[C@]34C)[C@@H]1CCC[N+]2(C)C.[I-].[I-]. The second-order valence-electron chi connectivity index (χ2n) is 13.8. The molecule has 1 amide bonds. The highest BCUT2D eigenvalue weighted by atomic mass is 127. The second-order valence-corrected chi connectivity index (χ2v) is 13.8. The molecule has 0 aromatic carbocycles. The number of rotatable bonds is 2. The lowest BCUT2D eigenvalue weighted by Crippen LogP contribution is -3.00. The zero-order valence-corrected chi connectivity index (χ0v) is 26.2. The van der Waals surface area contributed by atoms with Gasteiger partial charge in [-0.05, 0) is 62.7 Å². The van der Waals surface area contributed by atoms with E-state index in [1.807, 2.05) is 0 Å². The predicted octanol–water partition coefficient (Wildman–Crippen LogP) is -1.67. The molecule has 5 rings (SSSR count). The van der Waals surface area contributed by atoms with Crippen molar-refractivity contribution >= 4 is 5.91 Å². The monoisotopic (exact) mass is 685 g/mol. The summed E-state index contributed by atoms with van der Waals surface area (Å²) in [5, 5.41) is 0. The van der Waals surface area contributed by atoms with E-state index in [9.17, 15) is 4.79 Å². The van der Waals surface area contributed by atoms with Crippen molar-refractivity contribution in [3.8, 4) is 0 Å². The molecule has 5 aliphatic rings. The minimum Gasteiger partial charge on any atom is -1.00 e. The number of hydrogen-bond acceptors (Lipinski definition) is 1. The first-order valence-electron chi connectivity index (χ1n) is 13.5. The summed E-state index contributed by atoms with van der Waals surface area (Å²) in [5.41, 5.74) is 6.62. The van der Waals surface area contributed by atoms with Gasteiger partial charge in [0.15, 0.2) is 0 Å². The fourth-order valence-corrected chi connectivity index (χ4v) is 10.3. The molecule has 2 N–H and O–H groups in total. The maximum Gasteiger partial charge on any atom is 0.224 e. The molecule has 0 bridgehead atoms.